The molecule has 0 saturated carbocycles. The van der Waals surface area contributed by atoms with Crippen molar-refractivity contribution in [3.63, 3.8) is 0 Å². The third-order valence-corrected chi connectivity index (χ3v) is 2.98. The van der Waals surface area contributed by atoms with Gasteiger partial charge >= 0.3 is 0 Å². The molecule has 1 aromatic rings. The first-order chi connectivity index (χ1) is 8.38. The summed E-state index contributed by atoms with van der Waals surface area (Å²) in [6.07, 6.45) is 1.98. The molecular weight excluding hydrogens is 216 g/mol. The first-order valence-corrected chi connectivity index (χ1v) is 6.19. The van der Waals surface area contributed by atoms with Gasteiger partial charge in [-0.15, -0.1) is 0 Å². The maximum Gasteiger partial charge on any atom is 0.0826 e. The van der Waals surface area contributed by atoms with Crippen molar-refractivity contribution < 1.29 is 4.74 Å². The van der Waals surface area contributed by atoms with E-state index in [9.17, 15) is 0 Å². The fourth-order valence-corrected chi connectivity index (χ4v) is 1.98. The lowest BCUT2D eigenvalue weighted by Gasteiger charge is -2.32. The Morgan fingerprint density at radius 1 is 1.59 bits per heavy atom. The second-order valence-corrected chi connectivity index (χ2v) is 4.23. The minimum absolute atomic E-state index is 0.292. The van der Waals surface area contributed by atoms with Crippen LogP contribution in [0.4, 0.5) is 0 Å². The molecule has 0 aromatic carbocycles. The van der Waals surface area contributed by atoms with Crippen molar-refractivity contribution in [3.8, 4) is 0 Å². The fraction of sp³-hybridized carbons (Fsp3) is 0.667. The van der Waals surface area contributed by atoms with Crippen LogP contribution in [0.15, 0.2) is 18.3 Å². The van der Waals surface area contributed by atoms with Gasteiger partial charge in [-0.05, 0) is 18.7 Å². The molecular formula is C12H20N4O. The van der Waals surface area contributed by atoms with E-state index in [0.29, 0.717) is 6.10 Å². The standard InChI is InChI=1S/C12H20N4O/c1-2-16-6-7-17-12(10-16)9-13-8-11-4-3-5-14-15-11/h3-5,12-13H,2,6-10H2,1H3. The van der Waals surface area contributed by atoms with Gasteiger partial charge in [-0.3, -0.25) is 4.90 Å². The topological polar surface area (TPSA) is 50.3 Å². The Labute approximate surface area is 102 Å². The van der Waals surface area contributed by atoms with Gasteiger partial charge in [0, 0.05) is 32.4 Å². The summed E-state index contributed by atoms with van der Waals surface area (Å²) in [6.45, 7) is 7.82. The lowest BCUT2D eigenvalue weighted by atomic mass is 10.2. The molecule has 1 fully saturated rings. The Morgan fingerprint density at radius 2 is 2.53 bits per heavy atom. The first-order valence-electron chi connectivity index (χ1n) is 6.19. The van der Waals surface area contributed by atoms with Gasteiger partial charge in [0.2, 0.25) is 0 Å². The number of aromatic nitrogens is 2. The number of likely N-dealkylation sites (N-methyl/N-ethyl adjacent to an activating group) is 1. The minimum atomic E-state index is 0.292. The number of ether oxygens (including phenoxy) is 1. The lowest BCUT2D eigenvalue weighted by molar-refractivity contribution is -0.0254. The molecule has 1 atom stereocenters. The summed E-state index contributed by atoms with van der Waals surface area (Å²) in [4.78, 5) is 2.41. The molecule has 1 aromatic heterocycles. The summed E-state index contributed by atoms with van der Waals surface area (Å²) in [5.41, 5.74) is 0.968. The lowest BCUT2D eigenvalue weighted by Crippen LogP contribution is -2.46. The summed E-state index contributed by atoms with van der Waals surface area (Å²) in [5.74, 6) is 0. The zero-order valence-corrected chi connectivity index (χ0v) is 10.3. The van der Waals surface area contributed by atoms with Gasteiger partial charge in [0.05, 0.1) is 18.4 Å². The van der Waals surface area contributed by atoms with Crippen LogP contribution >= 0.6 is 0 Å². The summed E-state index contributed by atoms with van der Waals surface area (Å²) in [5, 5.41) is 11.2. The van der Waals surface area contributed by atoms with Crippen molar-refractivity contribution in [2.75, 3.05) is 32.8 Å². The molecule has 1 saturated heterocycles. The summed E-state index contributed by atoms with van der Waals surface area (Å²) in [7, 11) is 0. The van der Waals surface area contributed by atoms with Crippen molar-refractivity contribution in [2.45, 2.75) is 19.6 Å². The van der Waals surface area contributed by atoms with Crippen molar-refractivity contribution in [1.29, 1.82) is 0 Å². The molecule has 1 unspecified atom stereocenters. The Kier molecular flexibility index (Phi) is 4.85. The largest absolute Gasteiger partial charge is 0.374 e. The first kappa shape index (κ1) is 12.4. The van der Waals surface area contributed by atoms with Gasteiger partial charge in [0.25, 0.3) is 0 Å². The van der Waals surface area contributed by atoms with Crippen LogP contribution in [0.2, 0.25) is 0 Å². The summed E-state index contributed by atoms with van der Waals surface area (Å²) < 4.78 is 5.71. The number of hydrogen-bond acceptors (Lipinski definition) is 5. The zero-order chi connectivity index (χ0) is 11.9. The monoisotopic (exact) mass is 236 g/mol. The molecule has 5 heteroatoms. The zero-order valence-electron chi connectivity index (χ0n) is 10.3. The van der Waals surface area contributed by atoms with Crippen LogP contribution in [0.5, 0.6) is 0 Å². The number of rotatable bonds is 5. The van der Waals surface area contributed by atoms with E-state index in [1.807, 2.05) is 12.1 Å². The molecule has 17 heavy (non-hydrogen) atoms. The highest BCUT2D eigenvalue weighted by Crippen LogP contribution is 2.03. The number of hydrogen-bond donors (Lipinski definition) is 1. The minimum Gasteiger partial charge on any atom is -0.374 e. The molecule has 0 amide bonds. The molecule has 5 nitrogen and oxygen atoms in total. The van der Waals surface area contributed by atoms with Crippen molar-refractivity contribution >= 4 is 0 Å². The number of nitrogens with one attached hydrogen (secondary N) is 1. The van der Waals surface area contributed by atoms with E-state index in [-0.39, 0.29) is 0 Å². The highest BCUT2D eigenvalue weighted by molar-refractivity contribution is 4.98. The molecule has 1 aliphatic rings. The molecule has 94 valence electrons. The van der Waals surface area contributed by atoms with E-state index < -0.39 is 0 Å². The molecule has 1 N–H and O–H groups in total. The highest BCUT2D eigenvalue weighted by Gasteiger charge is 2.18. The Balaban J connectivity index is 1.68. The van der Waals surface area contributed by atoms with E-state index in [1.54, 1.807) is 6.20 Å². The van der Waals surface area contributed by atoms with Crippen molar-refractivity contribution in [3.05, 3.63) is 24.0 Å². The van der Waals surface area contributed by atoms with Gasteiger partial charge in [-0.2, -0.15) is 10.2 Å². The predicted octanol–water partition coefficient (Wildman–Crippen LogP) is 0.287. The quantitative estimate of drug-likeness (QED) is 0.796. The van der Waals surface area contributed by atoms with Gasteiger partial charge < -0.3 is 10.1 Å². The van der Waals surface area contributed by atoms with Gasteiger partial charge in [0.15, 0.2) is 0 Å². The van der Waals surface area contributed by atoms with Gasteiger partial charge in [0.1, 0.15) is 0 Å². The fourth-order valence-electron chi connectivity index (χ4n) is 1.98. The molecule has 0 aliphatic carbocycles. The smallest absolute Gasteiger partial charge is 0.0826 e. The Hall–Kier alpha value is -1.04. The number of morpholine rings is 1. The third-order valence-electron chi connectivity index (χ3n) is 2.98. The summed E-state index contributed by atoms with van der Waals surface area (Å²) >= 11 is 0. The molecule has 0 bridgehead atoms. The van der Waals surface area contributed by atoms with Crippen LogP contribution < -0.4 is 5.32 Å². The van der Waals surface area contributed by atoms with Gasteiger partial charge in [-0.25, -0.2) is 0 Å². The highest BCUT2D eigenvalue weighted by atomic mass is 16.5. The van der Waals surface area contributed by atoms with E-state index in [1.165, 1.54) is 0 Å². The van der Waals surface area contributed by atoms with Crippen LogP contribution in [0.1, 0.15) is 12.6 Å². The van der Waals surface area contributed by atoms with E-state index in [2.05, 4.69) is 27.3 Å². The SMILES string of the molecule is CCN1CCOC(CNCc2cccnn2)C1. The average Bonchev–Trinajstić information content (AvgIpc) is 2.40. The number of nitrogens with zero attached hydrogens (tertiary/aromatic N) is 3. The molecule has 0 spiro atoms. The van der Waals surface area contributed by atoms with E-state index >= 15 is 0 Å². The molecule has 0 radical (unpaired) electrons. The maximum absolute atomic E-state index is 5.71. The second kappa shape index (κ2) is 6.64. The summed E-state index contributed by atoms with van der Waals surface area (Å²) in [6, 6.07) is 3.88. The Morgan fingerprint density at radius 3 is 3.29 bits per heavy atom. The van der Waals surface area contributed by atoms with E-state index in [4.69, 9.17) is 4.74 Å². The van der Waals surface area contributed by atoms with Gasteiger partial charge in [-0.1, -0.05) is 6.92 Å². The second-order valence-electron chi connectivity index (χ2n) is 4.23. The predicted molar refractivity (Wildman–Crippen MR) is 65.6 cm³/mol. The van der Waals surface area contributed by atoms with Crippen molar-refractivity contribution in [2.24, 2.45) is 0 Å². The van der Waals surface area contributed by atoms with E-state index in [0.717, 1.165) is 45.0 Å². The van der Waals surface area contributed by atoms with Crippen LogP contribution in [-0.4, -0.2) is 54.0 Å². The third kappa shape index (κ3) is 4.03. The Bertz CT molecular complexity index is 320. The molecule has 2 rings (SSSR count). The molecule has 1 aliphatic heterocycles. The van der Waals surface area contributed by atoms with Crippen molar-refractivity contribution in [1.82, 2.24) is 20.4 Å². The van der Waals surface area contributed by atoms with Crippen LogP contribution in [0.3, 0.4) is 0 Å². The van der Waals surface area contributed by atoms with Crippen LogP contribution in [0, 0.1) is 0 Å². The normalized spacial score (nSPS) is 21.6. The van der Waals surface area contributed by atoms with Crippen LogP contribution in [-0.2, 0) is 11.3 Å². The van der Waals surface area contributed by atoms with Crippen LogP contribution in [0.25, 0.3) is 0 Å². The maximum atomic E-state index is 5.71. The average molecular weight is 236 g/mol. The molecule has 2 heterocycles.